The Kier molecular flexibility index (Phi) is 8.66. The van der Waals surface area contributed by atoms with Crippen molar-refractivity contribution >= 4 is 23.7 Å². The van der Waals surface area contributed by atoms with Gasteiger partial charge in [-0.1, -0.05) is 24.3 Å². The van der Waals surface area contributed by atoms with Crippen LogP contribution >= 0.6 is 0 Å². The summed E-state index contributed by atoms with van der Waals surface area (Å²) >= 11 is 0. The largest absolute Gasteiger partial charge is 0.497 e. The molecule has 0 saturated carbocycles. The fraction of sp³-hybridized carbons (Fsp3) is 0.192. The van der Waals surface area contributed by atoms with E-state index in [9.17, 15) is 9.59 Å². The Labute approximate surface area is 203 Å². The van der Waals surface area contributed by atoms with Crippen LogP contribution in [0.25, 0.3) is 0 Å². The highest BCUT2D eigenvalue weighted by molar-refractivity contribution is 6.39. The minimum Gasteiger partial charge on any atom is -0.497 e. The molecule has 182 valence electrons. The van der Waals surface area contributed by atoms with Gasteiger partial charge in [-0.25, -0.2) is 5.43 Å². The number of rotatable bonds is 9. The van der Waals surface area contributed by atoms with Crippen LogP contribution in [0.15, 0.2) is 65.8 Å². The van der Waals surface area contributed by atoms with E-state index in [2.05, 4.69) is 15.8 Å². The molecule has 0 unspecified atom stereocenters. The topological polar surface area (TPSA) is 107 Å². The van der Waals surface area contributed by atoms with Crippen molar-refractivity contribution in [1.29, 1.82) is 0 Å². The number of aryl methyl sites for hydroxylation is 1. The predicted molar refractivity (Wildman–Crippen MR) is 132 cm³/mol. The third kappa shape index (κ3) is 6.73. The number of hydrazone groups is 1. The molecule has 0 aromatic heterocycles. The Bertz CT molecular complexity index is 1230. The first-order valence-corrected chi connectivity index (χ1v) is 10.7. The molecule has 0 radical (unpaired) electrons. The fourth-order valence-electron chi connectivity index (χ4n) is 3.12. The number of nitrogens with zero attached hydrogens (tertiary/aromatic N) is 1. The normalized spacial score (nSPS) is 10.5. The zero-order chi connectivity index (χ0) is 25.2. The van der Waals surface area contributed by atoms with Gasteiger partial charge < -0.3 is 24.3 Å². The van der Waals surface area contributed by atoms with Gasteiger partial charge in [0.2, 0.25) is 0 Å². The number of ether oxygens (including phenoxy) is 4. The van der Waals surface area contributed by atoms with Crippen LogP contribution in [-0.2, 0) is 16.2 Å². The van der Waals surface area contributed by atoms with Gasteiger partial charge in [-0.2, -0.15) is 5.10 Å². The molecular weight excluding hydrogens is 450 g/mol. The lowest BCUT2D eigenvalue weighted by Crippen LogP contribution is -2.32. The van der Waals surface area contributed by atoms with Crippen molar-refractivity contribution in [1.82, 2.24) is 5.43 Å². The van der Waals surface area contributed by atoms with Crippen molar-refractivity contribution in [2.24, 2.45) is 5.10 Å². The van der Waals surface area contributed by atoms with Crippen molar-refractivity contribution in [3.8, 4) is 23.0 Å². The number of methoxy groups -OCH3 is 3. The highest BCUT2D eigenvalue weighted by Gasteiger charge is 2.16. The number of hydrogen-bond acceptors (Lipinski definition) is 7. The van der Waals surface area contributed by atoms with Gasteiger partial charge in [0.05, 0.1) is 33.2 Å². The molecule has 0 fully saturated rings. The number of amides is 2. The Morgan fingerprint density at radius 1 is 0.857 bits per heavy atom. The molecule has 0 saturated heterocycles. The molecule has 35 heavy (non-hydrogen) atoms. The number of nitrogens with one attached hydrogen (secondary N) is 2. The molecule has 2 N–H and O–H groups in total. The minimum atomic E-state index is -0.948. The van der Waals surface area contributed by atoms with Crippen LogP contribution in [0.1, 0.15) is 16.7 Å². The standard InChI is InChI=1S/C26H27N3O6/c1-17-7-5-6-8-19(17)16-35-23-11-9-18(13-24(23)34-4)15-27-29-26(31)25(30)28-21-14-20(32-2)10-12-22(21)33-3/h5-15H,16H2,1-4H3,(H,28,30)(H,29,31)/b27-15+. The van der Waals surface area contributed by atoms with Gasteiger partial charge >= 0.3 is 11.8 Å². The van der Waals surface area contributed by atoms with E-state index in [1.165, 1.54) is 27.5 Å². The molecule has 3 aromatic carbocycles. The maximum atomic E-state index is 12.3. The molecule has 3 aromatic rings. The van der Waals surface area contributed by atoms with Crippen molar-refractivity contribution in [3.63, 3.8) is 0 Å². The molecule has 0 heterocycles. The lowest BCUT2D eigenvalue weighted by Gasteiger charge is -2.12. The second kappa shape index (κ2) is 12.1. The van der Waals surface area contributed by atoms with Gasteiger partial charge in [-0.3, -0.25) is 9.59 Å². The molecule has 0 atom stereocenters. The minimum absolute atomic E-state index is 0.294. The van der Waals surface area contributed by atoms with E-state index in [1.807, 2.05) is 31.2 Å². The van der Waals surface area contributed by atoms with Crippen molar-refractivity contribution in [2.45, 2.75) is 13.5 Å². The summed E-state index contributed by atoms with van der Waals surface area (Å²) in [5.74, 6) is 0.106. The van der Waals surface area contributed by atoms with Crippen molar-refractivity contribution in [3.05, 3.63) is 77.4 Å². The van der Waals surface area contributed by atoms with Gasteiger partial charge in [-0.15, -0.1) is 0 Å². The highest BCUT2D eigenvalue weighted by atomic mass is 16.5. The Hall–Kier alpha value is -4.53. The second-order valence-corrected chi connectivity index (χ2v) is 7.34. The summed E-state index contributed by atoms with van der Waals surface area (Å²) in [5, 5.41) is 6.33. The Balaban J connectivity index is 1.60. The molecule has 9 nitrogen and oxygen atoms in total. The summed E-state index contributed by atoms with van der Waals surface area (Å²) < 4.78 is 21.6. The molecule has 0 bridgehead atoms. The zero-order valence-corrected chi connectivity index (χ0v) is 20.0. The van der Waals surface area contributed by atoms with E-state index in [0.29, 0.717) is 40.9 Å². The van der Waals surface area contributed by atoms with E-state index in [0.717, 1.165) is 11.1 Å². The van der Waals surface area contributed by atoms with E-state index in [-0.39, 0.29) is 0 Å². The fourth-order valence-corrected chi connectivity index (χ4v) is 3.12. The van der Waals surface area contributed by atoms with Gasteiger partial charge in [0.1, 0.15) is 18.1 Å². The van der Waals surface area contributed by atoms with Gasteiger partial charge in [0, 0.05) is 6.07 Å². The summed E-state index contributed by atoms with van der Waals surface area (Å²) in [6, 6.07) is 18.0. The van der Waals surface area contributed by atoms with Gasteiger partial charge in [0.25, 0.3) is 0 Å². The number of carbonyl (C=O) groups is 2. The number of hydrogen-bond donors (Lipinski definition) is 2. The summed E-state index contributed by atoms with van der Waals surface area (Å²) in [6.07, 6.45) is 1.39. The average Bonchev–Trinajstić information content (AvgIpc) is 2.88. The summed E-state index contributed by atoms with van der Waals surface area (Å²) in [4.78, 5) is 24.4. The molecule has 2 amide bonds. The lowest BCUT2D eigenvalue weighted by molar-refractivity contribution is -0.136. The molecule has 0 aliphatic carbocycles. The quantitative estimate of drug-likeness (QED) is 0.277. The average molecular weight is 478 g/mol. The summed E-state index contributed by atoms with van der Waals surface area (Å²) in [7, 11) is 4.48. The maximum Gasteiger partial charge on any atom is 0.329 e. The first-order chi connectivity index (χ1) is 16.9. The van der Waals surface area contributed by atoms with Crippen LogP contribution in [-0.4, -0.2) is 39.4 Å². The third-order valence-electron chi connectivity index (χ3n) is 5.07. The molecule has 0 aliphatic heterocycles. The van der Waals surface area contributed by atoms with Crippen LogP contribution in [0.5, 0.6) is 23.0 Å². The zero-order valence-electron chi connectivity index (χ0n) is 20.0. The molecule has 0 aliphatic rings. The molecule has 3 rings (SSSR count). The number of carbonyl (C=O) groups excluding carboxylic acids is 2. The smallest absolute Gasteiger partial charge is 0.329 e. The van der Waals surface area contributed by atoms with Crippen LogP contribution in [0, 0.1) is 6.92 Å². The van der Waals surface area contributed by atoms with E-state index >= 15 is 0 Å². The first-order valence-electron chi connectivity index (χ1n) is 10.7. The molecule has 0 spiro atoms. The second-order valence-electron chi connectivity index (χ2n) is 7.34. The SMILES string of the molecule is COc1ccc(OC)c(NC(=O)C(=O)N/N=C/c2ccc(OCc3ccccc3C)c(OC)c2)c1. The van der Waals surface area contributed by atoms with E-state index in [4.69, 9.17) is 18.9 Å². The predicted octanol–water partition coefficient (Wildman–Crippen LogP) is 3.69. The number of benzene rings is 3. The van der Waals surface area contributed by atoms with Crippen molar-refractivity contribution in [2.75, 3.05) is 26.6 Å². The first kappa shape index (κ1) is 25.1. The summed E-state index contributed by atoms with van der Waals surface area (Å²) in [5.41, 5.74) is 5.34. The van der Waals surface area contributed by atoms with Gasteiger partial charge in [-0.05, 0) is 53.9 Å². The van der Waals surface area contributed by atoms with E-state index in [1.54, 1.807) is 36.4 Å². The Morgan fingerprint density at radius 2 is 1.60 bits per heavy atom. The Morgan fingerprint density at radius 3 is 2.31 bits per heavy atom. The van der Waals surface area contributed by atoms with Gasteiger partial charge in [0.15, 0.2) is 11.5 Å². The maximum absolute atomic E-state index is 12.3. The van der Waals surface area contributed by atoms with E-state index < -0.39 is 11.8 Å². The van der Waals surface area contributed by atoms with Crippen LogP contribution in [0.3, 0.4) is 0 Å². The monoisotopic (exact) mass is 477 g/mol. The molecule has 9 heteroatoms. The van der Waals surface area contributed by atoms with Crippen LogP contribution < -0.4 is 29.7 Å². The van der Waals surface area contributed by atoms with Crippen LogP contribution in [0.4, 0.5) is 5.69 Å². The van der Waals surface area contributed by atoms with Crippen LogP contribution in [0.2, 0.25) is 0 Å². The third-order valence-corrected chi connectivity index (χ3v) is 5.07. The summed E-state index contributed by atoms with van der Waals surface area (Å²) in [6.45, 7) is 2.43. The number of anilines is 1. The highest BCUT2D eigenvalue weighted by Crippen LogP contribution is 2.29. The molecular formula is C26H27N3O6. The van der Waals surface area contributed by atoms with Crippen molar-refractivity contribution < 1.29 is 28.5 Å². The lowest BCUT2D eigenvalue weighted by atomic mass is 10.1.